The van der Waals surface area contributed by atoms with Crippen LogP contribution in [0.5, 0.6) is 0 Å². The maximum atomic E-state index is 11.6. The van der Waals surface area contributed by atoms with E-state index in [0.29, 0.717) is 19.0 Å². The molecule has 7 heteroatoms. The second-order valence-electron chi connectivity index (χ2n) is 3.42. The van der Waals surface area contributed by atoms with E-state index in [0.717, 1.165) is 4.47 Å². The molecule has 0 fully saturated rings. The third-order valence-electron chi connectivity index (χ3n) is 2.05. The zero-order valence-corrected chi connectivity index (χ0v) is 11.9. The lowest BCUT2D eigenvalue weighted by atomic mass is 10.3. The molecule has 0 aromatic carbocycles. The Morgan fingerprint density at radius 3 is 3.00 bits per heavy atom. The number of pyridine rings is 1. The molecule has 1 aromatic heterocycles. The number of hydrogen-bond donors (Lipinski definition) is 2. The highest BCUT2D eigenvalue weighted by Gasteiger charge is 2.07. The minimum atomic E-state index is -0.454. The number of rotatable bonds is 6. The van der Waals surface area contributed by atoms with Gasteiger partial charge in [-0.25, -0.2) is 4.98 Å². The van der Waals surface area contributed by atoms with E-state index in [1.54, 1.807) is 18.3 Å². The third kappa shape index (κ3) is 5.50. The van der Waals surface area contributed by atoms with E-state index >= 15 is 0 Å². The molecule has 0 unspecified atom stereocenters. The lowest BCUT2D eigenvalue weighted by Gasteiger charge is -2.04. The van der Waals surface area contributed by atoms with Gasteiger partial charge in [-0.2, -0.15) is 5.26 Å². The molecule has 0 saturated heterocycles. The topological polar surface area (TPSA) is 87.0 Å². The molecular formula is C12H13BrN4O2. The van der Waals surface area contributed by atoms with Crippen LogP contribution in [0.4, 0.5) is 5.82 Å². The molecule has 0 spiro atoms. The number of methoxy groups -OCH3 is 1. The number of amides is 1. The van der Waals surface area contributed by atoms with Crippen molar-refractivity contribution >= 4 is 27.7 Å². The van der Waals surface area contributed by atoms with Gasteiger partial charge in [-0.3, -0.25) is 4.79 Å². The first-order valence-electron chi connectivity index (χ1n) is 5.43. The van der Waals surface area contributed by atoms with Crippen LogP contribution in [0.15, 0.2) is 34.6 Å². The molecule has 2 N–H and O–H groups in total. The van der Waals surface area contributed by atoms with Gasteiger partial charge < -0.3 is 15.4 Å². The summed E-state index contributed by atoms with van der Waals surface area (Å²) in [5, 5.41) is 14.2. The van der Waals surface area contributed by atoms with E-state index in [4.69, 9.17) is 10.00 Å². The Balaban J connectivity index is 2.59. The van der Waals surface area contributed by atoms with Gasteiger partial charge in [0.1, 0.15) is 17.5 Å². The minimum Gasteiger partial charge on any atom is -0.383 e. The number of ether oxygens (including phenoxy) is 1. The Morgan fingerprint density at radius 1 is 1.63 bits per heavy atom. The average molecular weight is 325 g/mol. The number of carbonyl (C=O) groups is 1. The zero-order valence-electron chi connectivity index (χ0n) is 10.3. The average Bonchev–Trinajstić information content (AvgIpc) is 2.42. The fourth-order valence-corrected chi connectivity index (χ4v) is 1.35. The van der Waals surface area contributed by atoms with Crippen LogP contribution >= 0.6 is 15.9 Å². The molecule has 0 saturated carbocycles. The second kappa shape index (κ2) is 8.24. The summed E-state index contributed by atoms with van der Waals surface area (Å²) < 4.78 is 5.65. The van der Waals surface area contributed by atoms with Crippen LogP contribution in [0.3, 0.4) is 0 Å². The number of carbonyl (C=O) groups excluding carboxylic acids is 1. The first-order valence-corrected chi connectivity index (χ1v) is 6.22. The monoisotopic (exact) mass is 324 g/mol. The molecule has 1 heterocycles. The summed E-state index contributed by atoms with van der Waals surface area (Å²) in [6.45, 7) is 0.747. The molecule has 1 aromatic rings. The van der Waals surface area contributed by atoms with Gasteiger partial charge in [0.05, 0.1) is 6.61 Å². The second-order valence-corrected chi connectivity index (χ2v) is 4.34. The van der Waals surface area contributed by atoms with Gasteiger partial charge in [0.25, 0.3) is 5.91 Å². The third-order valence-corrected chi connectivity index (χ3v) is 2.52. The van der Waals surface area contributed by atoms with Crippen LogP contribution in [0, 0.1) is 11.3 Å². The van der Waals surface area contributed by atoms with Gasteiger partial charge in [-0.15, -0.1) is 0 Å². The summed E-state index contributed by atoms with van der Waals surface area (Å²) in [6.07, 6.45) is 2.93. The first kappa shape index (κ1) is 15.1. The highest BCUT2D eigenvalue weighted by atomic mass is 79.9. The molecule has 0 bridgehead atoms. The van der Waals surface area contributed by atoms with Gasteiger partial charge in [0, 0.05) is 30.5 Å². The molecule has 1 rings (SSSR count). The fourth-order valence-electron chi connectivity index (χ4n) is 1.12. The molecule has 19 heavy (non-hydrogen) atoms. The maximum absolute atomic E-state index is 11.6. The summed E-state index contributed by atoms with van der Waals surface area (Å²) in [5.74, 6) is 0.0878. The van der Waals surface area contributed by atoms with E-state index in [-0.39, 0.29) is 5.57 Å². The number of aromatic nitrogens is 1. The molecule has 6 nitrogen and oxygen atoms in total. The predicted octanol–water partition coefficient (Wildman–Crippen LogP) is 1.43. The van der Waals surface area contributed by atoms with Gasteiger partial charge >= 0.3 is 0 Å². The van der Waals surface area contributed by atoms with Crippen LogP contribution in [-0.4, -0.2) is 31.2 Å². The zero-order chi connectivity index (χ0) is 14.1. The molecule has 0 aliphatic rings. The van der Waals surface area contributed by atoms with E-state index in [2.05, 4.69) is 31.5 Å². The van der Waals surface area contributed by atoms with Gasteiger partial charge in [-0.05, 0) is 28.1 Å². The molecule has 0 aliphatic carbocycles. The van der Waals surface area contributed by atoms with Crippen molar-refractivity contribution in [3.8, 4) is 6.07 Å². The van der Waals surface area contributed by atoms with Crippen LogP contribution in [0.1, 0.15) is 0 Å². The summed E-state index contributed by atoms with van der Waals surface area (Å²) in [7, 11) is 1.54. The molecule has 0 radical (unpaired) electrons. The largest absolute Gasteiger partial charge is 0.383 e. The van der Waals surface area contributed by atoms with Crippen LogP contribution in [-0.2, 0) is 9.53 Å². The van der Waals surface area contributed by atoms with E-state index in [9.17, 15) is 4.79 Å². The lowest BCUT2D eigenvalue weighted by molar-refractivity contribution is -0.117. The van der Waals surface area contributed by atoms with Crippen LogP contribution in [0.25, 0.3) is 0 Å². The standard InChI is InChI=1S/C12H13BrN4O2/c1-19-5-4-15-12(18)9(6-14)7-16-11-3-2-10(13)8-17-11/h2-3,7-8H,4-5H2,1H3,(H,15,18)(H,16,17)/b9-7-. The summed E-state index contributed by atoms with van der Waals surface area (Å²) in [5.41, 5.74) is -0.0270. The number of nitriles is 1. The van der Waals surface area contributed by atoms with Crippen molar-refractivity contribution in [1.82, 2.24) is 10.3 Å². The molecule has 100 valence electrons. The summed E-state index contributed by atoms with van der Waals surface area (Å²) in [6, 6.07) is 5.34. The van der Waals surface area contributed by atoms with E-state index in [1.165, 1.54) is 13.3 Å². The van der Waals surface area contributed by atoms with Crippen molar-refractivity contribution in [1.29, 1.82) is 5.26 Å². The number of halogens is 1. The normalized spacial score (nSPS) is 10.7. The maximum Gasteiger partial charge on any atom is 0.263 e. The highest BCUT2D eigenvalue weighted by molar-refractivity contribution is 9.10. The number of hydrogen-bond acceptors (Lipinski definition) is 5. The van der Waals surface area contributed by atoms with Crippen LogP contribution in [0.2, 0.25) is 0 Å². The number of anilines is 1. The van der Waals surface area contributed by atoms with E-state index < -0.39 is 5.91 Å². The molecular weight excluding hydrogens is 312 g/mol. The SMILES string of the molecule is COCCNC(=O)/C(C#N)=C\Nc1ccc(Br)cn1. The Labute approximate surface area is 119 Å². The van der Waals surface area contributed by atoms with Crippen molar-refractivity contribution in [2.75, 3.05) is 25.6 Å². The van der Waals surface area contributed by atoms with E-state index in [1.807, 2.05) is 6.07 Å². The van der Waals surface area contributed by atoms with Gasteiger partial charge in [0.15, 0.2) is 0 Å². The Morgan fingerprint density at radius 2 is 2.42 bits per heavy atom. The smallest absolute Gasteiger partial charge is 0.263 e. The predicted molar refractivity (Wildman–Crippen MR) is 74.1 cm³/mol. The van der Waals surface area contributed by atoms with Crippen molar-refractivity contribution in [2.45, 2.75) is 0 Å². The van der Waals surface area contributed by atoms with Gasteiger partial charge in [0.2, 0.25) is 0 Å². The Kier molecular flexibility index (Phi) is 6.57. The first-order chi connectivity index (χ1) is 9.17. The van der Waals surface area contributed by atoms with Gasteiger partial charge in [-0.1, -0.05) is 0 Å². The molecule has 1 amide bonds. The highest BCUT2D eigenvalue weighted by Crippen LogP contribution is 2.10. The van der Waals surface area contributed by atoms with Crippen molar-refractivity contribution in [2.24, 2.45) is 0 Å². The number of nitrogens with zero attached hydrogens (tertiary/aromatic N) is 2. The summed E-state index contributed by atoms with van der Waals surface area (Å²) >= 11 is 3.26. The quantitative estimate of drug-likeness (QED) is 0.469. The number of nitrogens with one attached hydrogen (secondary N) is 2. The van der Waals surface area contributed by atoms with Crippen molar-refractivity contribution < 1.29 is 9.53 Å². The molecule has 0 atom stereocenters. The fraction of sp³-hybridized carbons (Fsp3) is 0.250. The summed E-state index contributed by atoms with van der Waals surface area (Å²) in [4.78, 5) is 15.7. The van der Waals surface area contributed by atoms with Crippen molar-refractivity contribution in [3.63, 3.8) is 0 Å². The Bertz CT molecular complexity index is 493. The van der Waals surface area contributed by atoms with Crippen LogP contribution < -0.4 is 10.6 Å². The molecule has 0 aliphatic heterocycles. The Hall–Kier alpha value is -1.91. The minimum absolute atomic E-state index is 0.0270. The lowest BCUT2D eigenvalue weighted by Crippen LogP contribution is -2.28. The van der Waals surface area contributed by atoms with Crippen molar-refractivity contribution in [3.05, 3.63) is 34.6 Å².